The first-order valence-electron chi connectivity index (χ1n) is 13.1. The molecular formula is C32H39NO4. The van der Waals surface area contributed by atoms with Crippen molar-refractivity contribution in [2.75, 3.05) is 6.61 Å². The first-order valence-corrected chi connectivity index (χ1v) is 13.1. The van der Waals surface area contributed by atoms with E-state index in [1.165, 1.54) is 0 Å². The number of allylic oxidation sites excluding steroid dienone is 11. The second-order valence-corrected chi connectivity index (χ2v) is 8.44. The molecule has 1 aromatic rings. The Morgan fingerprint density at radius 2 is 1.11 bits per heavy atom. The monoisotopic (exact) mass is 501 g/mol. The number of esters is 1. The van der Waals surface area contributed by atoms with Gasteiger partial charge < -0.3 is 4.74 Å². The van der Waals surface area contributed by atoms with Crippen LogP contribution in [0.5, 0.6) is 0 Å². The first kappa shape index (κ1) is 29.5. The molecule has 5 heteroatoms. The van der Waals surface area contributed by atoms with E-state index in [-0.39, 0.29) is 13.0 Å². The van der Waals surface area contributed by atoms with Crippen LogP contribution in [0.25, 0.3) is 0 Å². The van der Waals surface area contributed by atoms with Gasteiger partial charge in [0.1, 0.15) is 6.04 Å². The minimum Gasteiger partial charge on any atom is -0.464 e. The number of hydrogen-bond donors (Lipinski definition) is 0. The molecule has 1 aliphatic heterocycles. The quantitative estimate of drug-likeness (QED) is 0.135. The zero-order valence-corrected chi connectivity index (χ0v) is 22.1. The molecule has 0 saturated heterocycles. The molecule has 1 aliphatic rings. The van der Waals surface area contributed by atoms with Crippen LogP contribution >= 0.6 is 0 Å². The van der Waals surface area contributed by atoms with Gasteiger partial charge >= 0.3 is 5.97 Å². The Labute approximate surface area is 221 Å². The summed E-state index contributed by atoms with van der Waals surface area (Å²) in [5.41, 5.74) is 0.647. The zero-order valence-electron chi connectivity index (χ0n) is 22.1. The van der Waals surface area contributed by atoms with E-state index in [1.54, 1.807) is 31.2 Å². The van der Waals surface area contributed by atoms with Crippen LogP contribution in [0.1, 0.15) is 79.5 Å². The minimum atomic E-state index is -0.975. The van der Waals surface area contributed by atoms with Crippen LogP contribution in [-0.4, -0.2) is 35.3 Å². The highest BCUT2D eigenvalue weighted by Crippen LogP contribution is 2.26. The molecule has 5 nitrogen and oxygen atoms in total. The minimum absolute atomic E-state index is 0.183. The van der Waals surface area contributed by atoms with E-state index in [1.807, 2.05) is 12.2 Å². The van der Waals surface area contributed by atoms with E-state index in [2.05, 4.69) is 67.7 Å². The highest BCUT2D eigenvalue weighted by atomic mass is 16.5. The van der Waals surface area contributed by atoms with Gasteiger partial charge in [-0.3, -0.25) is 14.5 Å². The van der Waals surface area contributed by atoms with Crippen molar-refractivity contribution in [1.29, 1.82) is 0 Å². The Balaban J connectivity index is 1.73. The molecule has 1 heterocycles. The number of rotatable bonds is 16. The van der Waals surface area contributed by atoms with E-state index >= 15 is 0 Å². The molecular weight excluding hydrogens is 462 g/mol. The fourth-order valence-electron chi connectivity index (χ4n) is 3.78. The van der Waals surface area contributed by atoms with Gasteiger partial charge in [0.2, 0.25) is 0 Å². The molecule has 196 valence electrons. The lowest BCUT2D eigenvalue weighted by Crippen LogP contribution is -2.45. The maximum absolute atomic E-state index is 12.8. The summed E-state index contributed by atoms with van der Waals surface area (Å²) >= 11 is 0. The van der Waals surface area contributed by atoms with Crippen LogP contribution in [0.2, 0.25) is 0 Å². The molecule has 1 unspecified atom stereocenters. The smallest absolute Gasteiger partial charge is 0.329 e. The van der Waals surface area contributed by atoms with Gasteiger partial charge in [-0.1, -0.05) is 92.0 Å². The fraction of sp³-hybridized carbons (Fsp3) is 0.344. The normalized spacial score (nSPS) is 15.0. The molecule has 1 atom stereocenters. The number of carbonyl (C=O) groups excluding carboxylic acids is 3. The van der Waals surface area contributed by atoms with Gasteiger partial charge in [-0.25, -0.2) is 4.79 Å². The van der Waals surface area contributed by atoms with Crippen molar-refractivity contribution in [2.24, 2.45) is 0 Å². The number of benzene rings is 1. The number of ether oxygens (including phenoxy) is 1. The fourth-order valence-corrected chi connectivity index (χ4v) is 3.78. The Hall–Kier alpha value is -3.73. The lowest BCUT2D eigenvalue weighted by Gasteiger charge is -2.23. The lowest BCUT2D eigenvalue weighted by molar-refractivity contribution is -0.147. The van der Waals surface area contributed by atoms with Crippen LogP contribution in [-0.2, 0) is 9.53 Å². The summed E-state index contributed by atoms with van der Waals surface area (Å²) in [5, 5.41) is 0. The number of fused-ring (bicyclic) bond motifs is 1. The number of nitrogens with zero attached hydrogens (tertiary/aromatic N) is 1. The molecule has 2 amide bonds. The van der Waals surface area contributed by atoms with Crippen LogP contribution in [0.3, 0.4) is 0 Å². The van der Waals surface area contributed by atoms with Crippen molar-refractivity contribution in [1.82, 2.24) is 4.90 Å². The average Bonchev–Trinajstić information content (AvgIpc) is 3.15. The highest BCUT2D eigenvalue weighted by Gasteiger charge is 2.42. The summed E-state index contributed by atoms with van der Waals surface area (Å²) in [7, 11) is 0. The summed E-state index contributed by atoms with van der Waals surface area (Å²) in [6, 6.07) is 5.65. The largest absolute Gasteiger partial charge is 0.464 e. The molecule has 0 saturated carbocycles. The van der Waals surface area contributed by atoms with Crippen molar-refractivity contribution in [3.8, 4) is 0 Å². The Kier molecular flexibility index (Phi) is 14.1. The van der Waals surface area contributed by atoms with Crippen LogP contribution in [0, 0.1) is 0 Å². The molecule has 0 radical (unpaired) electrons. The molecule has 1 aromatic carbocycles. The van der Waals surface area contributed by atoms with Gasteiger partial charge in [0.15, 0.2) is 0 Å². The van der Waals surface area contributed by atoms with E-state index in [4.69, 9.17) is 4.74 Å². The van der Waals surface area contributed by atoms with Gasteiger partial charge in [0, 0.05) is 0 Å². The number of hydrogen-bond acceptors (Lipinski definition) is 4. The number of carbonyl (C=O) groups is 3. The molecule has 0 aromatic heterocycles. The van der Waals surface area contributed by atoms with Gasteiger partial charge in [0.05, 0.1) is 17.7 Å². The number of amides is 2. The number of imide groups is 1. The second kappa shape index (κ2) is 17.7. The topological polar surface area (TPSA) is 63.7 Å². The second-order valence-electron chi connectivity index (χ2n) is 8.44. The third-order valence-corrected chi connectivity index (χ3v) is 5.65. The van der Waals surface area contributed by atoms with Crippen molar-refractivity contribution >= 4 is 17.8 Å². The average molecular weight is 502 g/mol. The summed E-state index contributed by atoms with van der Waals surface area (Å²) in [5.74, 6) is -1.48. The van der Waals surface area contributed by atoms with Crippen molar-refractivity contribution in [3.63, 3.8) is 0 Å². The van der Waals surface area contributed by atoms with Crippen molar-refractivity contribution < 1.29 is 19.1 Å². The SMILES string of the molecule is CC/C=C\C/C=C\C/C=C\C/C=C\C/C=C\C/C=C\CC(C(=O)OCC)N1C(=O)c2ccccc2C1=O. The third kappa shape index (κ3) is 10.0. The standard InChI is InChI=1S/C32H39NO4/c1-3-5-6-7-8-9-10-11-12-13-14-15-16-17-18-19-20-21-26-29(32(36)37-4-2)33-30(34)27-24-22-23-25-28(27)31(33)35/h5-6,8-9,11-12,14-15,17-18,20-25,29H,3-4,7,10,13,16,19,26H2,1-2H3/b6-5-,9-8-,12-11-,15-14-,18-17-,21-20-. The molecule has 0 bridgehead atoms. The first-order chi connectivity index (χ1) is 18.1. The summed E-state index contributed by atoms with van der Waals surface area (Å²) in [6.07, 6.45) is 31.0. The van der Waals surface area contributed by atoms with E-state index in [0.717, 1.165) is 37.0 Å². The predicted octanol–water partition coefficient (Wildman–Crippen LogP) is 7.30. The Bertz CT molecular complexity index is 1020. The maximum atomic E-state index is 12.8. The van der Waals surface area contributed by atoms with Crippen LogP contribution in [0.15, 0.2) is 97.2 Å². The van der Waals surface area contributed by atoms with Gasteiger partial charge in [-0.15, -0.1) is 0 Å². The van der Waals surface area contributed by atoms with Gasteiger partial charge in [0.25, 0.3) is 11.8 Å². The van der Waals surface area contributed by atoms with Crippen molar-refractivity contribution in [2.45, 2.75) is 64.8 Å². The van der Waals surface area contributed by atoms with E-state index in [9.17, 15) is 14.4 Å². The van der Waals surface area contributed by atoms with E-state index < -0.39 is 23.8 Å². The summed E-state index contributed by atoms with van der Waals surface area (Å²) in [4.78, 5) is 39.2. The molecule has 0 aliphatic carbocycles. The van der Waals surface area contributed by atoms with Crippen LogP contribution in [0.4, 0.5) is 0 Å². The summed E-state index contributed by atoms with van der Waals surface area (Å²) < 4.78 is 5.15. The molecule has 0 N–H and O–H groups in total. The Morgan fingerprint density at radius 3 is 1.51 bits per heavy atom. The van der Waals surface area contributed by atoms with Gasteiger partial charge in [-0.05, 0) is 64.0 Å². The lowest BCUT2D eigenvalue weighted by atomic mass is 10.1. The van der Waals surface area contributed by atoms with Gasteiger partial charge in [-0.2, -0.15) is 0 Å². The van der Waals surface area contributed by atoms with Crippen LogP contribution < -0.4 is 0 Å². The molecule has 37 heavy (non-hydrogen) atoms. The predicted molar refractivity (Wildman–Crippen MR) is 150 cm³/mol. The highest BCUT2D eigenvalue weighted by molar-refractivity contribution is 6.22. The van der Waals surface area contributed by atoms with Crippen molar-refractivity contribution in [3.05, 3.63) is 108 Å². The molecule has 0 spiro atoms. The Morgan fingerprint density at radius 1 is 0.703 bits per heavy atom. The van der Waals surface area contributed by atoms with E-state index in [0.29, 0.717) is 17.5 Å². The summed E-state index contributed by atoms with van der Waals surface area (Å²) in [6.45, 7) is 4.02. The molecule has 0 fully saturated rings. The zero-order chi connectivity index (χ0) is 26.7. The maximum Gasteiger partial charge on any atom is 0.329 e. The molecule has 2 rings (SSSR count). The third-order valence-electron chi connectivity index (χ3n) is 5.65.